The lowest BCUT2D eigenvalue weighted by molar-refractivity contribution is 0.411. The Kier molecular flexibility index (Phi) is 6.91. The number of aryl methyl sites for hydroxylation is 2. The van der Waals surface area contributed by atoms with Gasteiger partial charge in [0.2, 0.25) is 0 Å². The van der Waals surface area contributed by atoms with E-state index in [9.17, 15) is 0 Å². The molecule has 0 atom stereocenters. The second kappa shape index (κ2) is 7.43. The molecule has 0 fully saturated rings. The molecule has 0 bridgehead atoms. The van der Waals surface area contributed by atoms with E-state index in [0.717, 1.165) is 12.2 Å². The molecule has 0 aliphatic carbocycles. The maximum atomic E-state index is 5.23. The van der Waals surface area contributed by atoms with E-state index in [-0.39, 0.29) is 0 Å². The van der Waals surface area contributed by atoms with Crippen LogP contribution in [0.15, 0.2) is 18.2 Å². The highest BCUT2D eigenvalue weighted by Gasteiger charge is 1.98. The van der Waals surface area contributed by atoms with Gasteiger partial charge in [-0.2, -0.15) is 0 Å². The second-order valence-electron chi connectivity index (χ2n) is 3.05. The van der Waals surface area contributed by atoms with E-state index in [1.807, 2.05) is 13.8 Å². The van der Waals surface area contributed by atoms with Crippen LogP contribution < -0.4 is 4.74 Å². The van der Waals surface area contributed by atoms with Crippen molar-refractivity contribution in [2.75, 3.05) is 7.11 Å². The number of ether oxygens (including phenoxy) is 1. The Labute approximate surface area is 88.1 Å². The van der Waals surface area contributed by atoms with Gasteiger partial charge in [0.1, 0.15) is 5.75 Å². The number of rotatable bonds is 3. The van der Waals surface area contributed by atoms with Crippen LogP contribution in [-0.2, 0) is 6.42 Å². The molecule has 0 saturated heterocycles. The molecule has 1 aromatic carbocycles. The van der Waals surface area contributed by atoms with Crippen LogP contribution in [0.4, 0.5) is 0 Å². The standard InChI is InChI=1S/C11H16O.C2H6/c1-4-5-10-7-6-9(2)11(8-10)12-3;1-2/h6-8H,4-5H2,1-3H3;1-2H3. The van der Waals surface area contributed by atoms with E-state index in [0.29, 0.717) is 0 Å². The van der Waals surface area contributed by atoms with Gasteiger partial charge >= 0.3 is 0 Å². The quantitative estimate of drug-likeness (QED) is 0.707. The first-order valence-electron chi connectivity index (χ1n) is 5.41. The summed E-state index contributed by atoms with van der Waals surface area (Å²) in [7, 11) is 1.72. The normalized spacial score (nSPS) is 8.93. The minimum atomic E-state index is 1.00. The lowest BCUT2D eigenvalue weighted by atomic mass is 10.1. The van der Waals surface area contributed by atoms with Crippen molar-refractivity contribution in [2.24, 2.45) is 0 Å². The van der Waals surface area contributed by atoms with Crippen molar-refractivity contribution in [2.45, 2.75) is 40.5 Å². The van der Waals surface area contributed by atoms with E-state index in [1.54, 1.807) is 7.11 Å². The Morgan fingerprint density at radius 1 is 1.21 bits per heavy atom. The summed E-state index contributed by atoms with van der Waals surface area (Å²) >= 11 is 0. The minimum absolute atomic E-state index is 1.00. The van der Waals surface area contributed by atoms with E-state index >= 15 is 0 Å². The molecule has 0 aliphatic heterocycles. The first-order valence-corrected chi connectivity index (χ1v) is 5.41. The molecule has 80 valence electrons. The average molecular weight is 194 g/mol. The molecule has 1 nitrogen and oxygen atoms in total. The zero-order valence-corrected chi connectivity index (χ0v) is 10.1. The van der Waals surface area contributed by atoms with Crippen LogP contribution in [0.2, 0.25) is 0 Å². The Hall–Kier alpha value is -0.980. The number of hydrogen-bond acceptors (Lipinski definition) is 1. The Morgan fingerprint density at radius 3 is 2.36 bits per heavy atom. The maximum absolute atomic E-state index is 5.23. The molecule has 0 aromatic heterocycles. The van der Waals surface area contributed by atoms with E-state index < -0.39 is 0 Å². The van der Waals surface area contributed by atoms with Crippen molar-refractivity contribution in [3.05, 3.63) is 29.3 Å². The van der Waals surface area contributed by atoms with Crippen molar-refractivity contribution in [3.63, 3.8) is 0 Å². The molecule has 0 radical (unpaired) electrons. The molecule has 0 N–H and O–H groups in total. The number of methoxy groups -OCH3 is 1. The SMILES string of the molecule is CC.CCCc1ccc(C)c(OC)c1. The molecule has 1 aromatic rings. The molecule has 0 spiro atoms. The molecule has 0 unspecified atom stereocenters. The van der Waals surface area contributed by atoms with Gasteiger partial charge < -0.3 is 4.74 Å². The highest BCUT2D eigenvalue weighted by molar-refractivity contribution is 5.36. The Morgan fingerprint density at radius 2 is 1.86 bits per heavy atom. The van der Waals surface area contributed by atoms with Crippen LogP contribution >= 0.6 is 0 Å². The number of hydrogen-bond donors (Lipinski definition) is 0. The van der Waals surface area contributed by atoms with Gasteiger partial charge in [0.15, 0.2) is 0 Å². The third kappa shape index (κ3) is 3.82. The second-order valence-corrected chi connectivity index (χ2v) is 3.05. The van der Waals surface area contributed by atoms with Crippen LogP contribution in [0.5, 0.6) is 5.75 Å². The highest BCUT2D eigenvalue weighted by Crippen LogP contribution is 2.19. The van der Waals surface area contributed by atoms with Crippen molar-refractivity contribution < 1.29 is 4.74 Å². The van der Waals surface area contributed by atoms with Crippen LogP contribution in [0, 0.1) is 6.92 Å². The van der Waals surface area contributed by atoms with Crippen molar-refractivity contribution in [1.82, 2.24) is 0 Å². The van der Waals surface area contributed by atoms with Gasteiger partial charge in [-0.15, -0.1) is 0 Å². The zero-order valence-electron chi connectivity index (χ0n) is 10.1. The zero-order chi connectivity index (χ0) is 11.0. The highest BCUT2D eigenvalue weighted by atomic mass is 16.5. The summed E-state index contributed by atoms with van der Waals surface area (Å²) in [5.74, 6) is 1.00. The maximum Gasteiger partial charge on any atom is 0.122 e. The fourth-order valence-electron chi connectivity index (χ4n) is 1.31. The largest absolute Gasteiger partial charge is 0.496 e. The monoisotopic (exact) mass is 194 g/mol. The summed E-state index contributed by atoms with van der Waals surface area (Å²) in [5, 5.41) is 0. The Balaban J connectivity index is 0.000000791. The van der Waals surface area contributed by atoms with Crippen LogP contribution in [0.25, 0.3) is 0 Å². The van der Waals surface area contributed by atoms with Gasteiger partial charge in [0.25, 0.3) is 0 Å². The summed E-state index contributed by atoms with van der Waals surface area (Å²) in [6.07, 6.45) is 2.32. The number of benzene rings is 1. The van der Waals surface area contributed by atoms with Crippen LogP contribution in [0.1, 0.15) is 38.3 Å². The molecule has 0 saturated carbocycles. The summed E-state index contributed by atoms with van der Waals surface area (Å²) in [4.78, 5) is 0. The van der Waals surface area contributed by atoms with Crippen molar-refractivity contribution >= 4 is 0 Å². The van der Waals surface area contributed by atoms with Gasteiger partial charge in [0, 0.05) is 0 Å². The summed E-state index contributed by atoms with van der Waals surface area (Å²) in [6.45, 7) is 8.25. The van der Waals surface area contributed by atoms with E-state index in [1.165, 1.54) is 17.5 Å². The van der Waals surface area contributed by atoms with Crippen LogP contribution in [-0.4, -0.2) is 7.11 Å². The fourth-order valence-corrected chi connectivity index (χ4v) is 1.31. The molecule has 14 heavy (non-hydrogen) atoms. The lowest BCUT2D eigenvalue weighted by Crippen LogP contribution is -1.89. The third-order valence-corrected chi connectivity index (χ3v) is 2.01. The van der Waals surface area contributed by atoms with E-state index in [4.69, 9.17) is 4.74 Å². The Bertz CT molecular complexity index is 253. The molecular formula is C13H22O. The van der Waals surface area contributed by atoms with Gasteiger partial charge in [-0.05, 0) is 30.5 Å². The predicted molar refractivity (Wildman–Crippen MR) is 63.1 cm³/mol. The molecule has 0 heterocycles. The summed E-state index contributed by atoms with van der Waals surface area (Å²) in [5.41, 5.74) is 2.57. The fraction of sp³-hybridized carbons (Fsp3) is 0.538. The molecule has 0 amide bonds. The third-order valence-electron chi connectivity index (χ3n) is 2.01. The predicted octanol–water partition coefficient (Wildman–Crippen LogP) is 3.98. The first kappa shape index (κ1) is 13.0. The van der Waals surface area contributed by atoms with Gasteiger partial charge in [0.05, 0.1) is 7.11 Å². The molecule has 0 aliphatic rings. The molecular weight excluding hydrogens is 172 g/mol. The van der Waals surface area contributed by atoms with Gasteiger partial charge in [-0.1, -0.05) is 39.3 Å². The topological polar surface area (TPSA) is 9.23 Å². The smallest absolute Gasteiger partial charge is 0.122 e. The van der Waals surface area contributed by atoms with Crippen molar-refractivity contribution in [1.29, 1.82) is 0 Å². The molecule has 1 rings (SSSR count). The van der Waals surface area contributed by atoms with Gasteiger partial charge in [-0.3, -0.25) is 0 Å². The van der Waals surface area contributed by atoms with Crippen LogP contribution in [0.3, 0.4) is 0 Å². The summed E-state index contributed by atoms with van der Waals surface area (Å²) < 4.78 is 5.23. The van der Waals surface area contributed by atoms with Crippen molar-refractivity contribution in [3.8, 4) is 5.75 Å². The van der Waals surface area contributed by atoms with E-state index in [2.05, 4.69) is 32.0 Å². The first-order chi connectivity index (χ1) is 6.77. The minimum Gasteiger partial charge on any atom is -0.496 e. The average Bonchev–Trinajstić information content (AvgIpc) is 2.24. The summed E-state index contributed by atoms with van der Waals surface area (Å²) in [6, 6.07) is 6.41. The van der Waals surface area contributed by atoms with Gasteiger partial charge in [-0.25, -0.2) is 0 Å². The molecule has 1 heteroatoms. The lowest BCUT2D eigenvalue weighted by Gasteiger charge is -2.06.